The van der Waals surface area contributed by atoms with Crippen LogP contribution in [0.3, 0.4) is 0 Å². The lowest BCUT2D eigenvalue weighted by Crippen LogP contribution is -2.31. The molecule has 0 aliphatic carbocycles. The summed E-state index contributed by atoms with van der Waals surface area (Å²) < 4.78 is 39.9. The Bertz CT molecular complexity index is 690. The summed E-state index contributed by atoms with van der Waals surface area (Å²) in [7, 11) is 1.98. The number of hydrogen-bond donors (Lipinski definition) is 1. The van der Waals surface area contributed by atoms with Crippen LogP contribution >= 0.6 is 0 Å². The largest absolute Gasteiger partial charge is 0.434 e. The van der Waals surface area contributed by atoms with Crippen LogP contribution in [0.1, 0.15) is 36.5 Å². The van der Waals surface area contributed by atoms with Crippen molar-refractivity contribution in [2.75, 3.05) is 13.6 Å². The first-order valence-electron chi connectivity index (χ1n) is 8.07. The van der Waals surface area contributed by atoms with E-state index in [4.69, 9.17) is 0 Å². The van der Waals surface area contributed by atoms with Crippen LogP contribution in [-0.4, -0.2) is 43.2 Å². The summed E-state index contributed by atoms with van der Waals surface area (Å²) in [4.78, 5) is 10.2. The Morgan fingerprint density at radius 2 is 2.17 bits per heavy atom. The van der Waals surface area contributed by atoms with Gasteiger partial charge in [-0.2, -0.15) is 18.3 Å². The van der Waals surface area contributed by atoms with Crippen LogP contribution in [0, 0.1) is 5.92 Å². The number of imidazole rings is 1. The van der Waals surface area contributed by atoms with E-state index in [0.29, 0.717) is 31.3 Å². The quantitative estimate of drug-likeness (QED) is 0.905. The van der Waals surface area contributed by atoms with Crippen molar-refractivity contribution < 1.29 is 13.2 Å². The van der Waals surface area contributed by atoms with Crippen LogP contribution in [0.15, 0.2) is 6.20 Å². The molecule has 0 spiro atoms. The smallest absolute Gasteiger partial charge is 0.334 e. The molecule has 0 bridgehead atoms. The normalized spacial score (nSPS) is 18.2. The maximum Gasteiger partial charge on any atom is 0.434 e. The number of aryl methyl sites for hydroxylation is 2. The molecule has 0 unspecified atom stereocenters. The predicted molar refractivity (Wildman–Crippen MR) is 81.1 cm³/mol. The maximum absolute atomic E-state index is 12.8. The van der Waals surface area contributed by atoms with E-state index in [9.17, 15) is 13.2 Å². The Morgan fingerprint density at radius 1 is 1.38 bits per heavy atom. The molecular weight excluding hydrogens is 321 g/mol. The molecule has 0 amide bonds. The number of alkyl halides is 3. The van der Waals surface area contributed by atoms with E-state index in [2.05, 4.69) is 25.1 Å². The highest BCUT2D eigenvalue weighted by atomic mass is 19.4. The van der Waals surface area contributed by atoms with Crippen LogP contribution in [0.4, 0.5) is 13.2 Å². The predicted octanol–water partition coefficient (Wildman–Crippen LogP) is 2.28. The van der Waals surface area contributed by atoms with E-state index in [0.717, 1.165) is 37.2 Å². The summed E-state index contributed by atoms with van der Waals surface area (Å²) in [6.45, 7) is 4.01. The molecule has 1 aliphatic rings. The van der Waals surface area contributed by atoms with Gasteiger partial charge in [0.2, 0.25) is 0 Å². The molecule has 0 radical (unpaired) electrons. The zero-order valence-electron chi connectivity index (χ0n) is 13.8. The highest BCUT2D eigenvalue weighted by Crippen LogP contribution is 2.30. The first-order valence-corrected chi connectivity index (χ1v) is 8.07. The van der Waals surface area contributed by atoms with E-state index in [1.165, 1.54) is 0 Å². The minimum Gasteiger partial charge on any atom is -0.334 e. The molecule has 3 heterocycles. The molecule has 1 atom stereocenters. The number of aromatic nitrogens is 5. The van der Waals surface area contributed by atoms with Crippen LogP contribution in [0.25, 0.3) is 0 Å². The lowest BCUT2D eigenvalue weighted by molar-refractivity contribution is -0.141. The second-order valence-corrected chi connectivity index (χ2v) is 6.35. The van der Waals surface area contributed by atoms with E-state index in [1.54, 1.807) is 4.57 Å². The van der Waals surface area contributed by atoms with E-state index in [-0.39, 0.29) is 0 Å². The fourth-order valence-electron chi connectivity index (χ4n) is 3.12. The first-order chi connectivity index (χ1) is 11.3. The molecule has 0 saturated heterocycles. The van der Waals surface area contributed by atoms with Gasteiger partial charge in [0.1, 0.15) is 17.5 Å². The van der Waals surface area contributed by atoms with Crippen molar-refractivity contribution in [2.24, 2.45) is 5.92 Å². The topological polar surface area (TPSA) is 62.6 Å². The van der Waals surface area contributed by atoms with Crippen molar-refractivity contribution in [1.29, 1.82) is 0 Å². The number of aromatic amines is 1. The number of rotatable bonds is 5. The minimum absolute atomic E-state index is 0.298. The average Bonchev–Trinajstić information content (AvgIpc) is 3.12. The van der Waals surface area contributed by atoms with Gasteiger partial charge >= 0.3 is 6.18 Å². The molecule has 3 rings (SSSR count). The number of halogens is 3. The summed E-state index contributed by atoms with van der Waals surface area (Å²) in [6, 6.07) is 0. The Kier molecular flexibility index (Phi) is 4.62. The molecule has 0 saturated carbocycles. The standard InChI is InChI=1S/C15H21F3N6/c1-3-12-20-13(22-21-12)9-23(2)6-10-4-5-14-19-11(15(16,17)18)8-24(14)7-10/h8,10H,3-7,9H2,1-2H3,(H,20,21,22)/t10-/m0/s1. The number of hydrogen-bond acceptors (Lipinski definition) is 4. The monoisotopic (exact) mass is 342 g/mol. The van der Waals surface area contributed by atoms with Gasteiger partial charge in [0, 0.05) is 32.1 Å². The maximum atomic E-state index is 12.8. The SMILES string of the molecule is CCc1n[nH]c(CN(C)C[C@@H]2CCc3nc(C(F)(F)F)cn3C2)n1. The number of H-pyrrole nitrogens is 1. The third-order valence-corrected chi connectivity index (χ3v) is 4.26. The van der Waals surface area contributed by atoms with Gasteiger partial charge in [0.15, 0.2) is 5.69 Å². The van der Waals surface area contributed by atoms with Gasteiger partial charge in [-0.1, -0.05) is 6.92 Å². The fourth-order valence-corrected chi connectivity index (χ4v) is 3.12. The van der Waals surface area contributed by atoms with Gasteiger partial charge in [-0.05, 0) is 19.4 Å². The van der Waals surface area contributed by atoms with Gasteiger partial charge in [0.05, 0.1) is 6.54 Å². The average molecular weight is 342 g/mol. The van der Waals surface area contributed by atoms with Gasteiger partial charge in [-0.15, -0.1) is 0 Å². The zero-order valence-corrected chi connectivity index (χ0v) is 13.8. The lowest BCUT2D eigenvalue weighted by Gasteiger charge is -2.27. The van der Waals surface area contributed by atoms with Crippen molar-refractivity contribution in [2.45, 2.75) is 45.5 Å². The van der Waals surface area contributed by atoms with Gasteiger partial charge < -0.3 is 4.57 Å². The summed E-state index contributed by atoms with van der Waals surface area (Å²) in [5.41, 5.74) is -0.791. The fraction of sp³-hybridized carbons (Fsp3) is 0.667. The minimum atomic E-state index is -4.38. The molecule has 2 aromatic rings. The molecule has 0 fully saturated rings. The highest BCUT2D eigenvalue weighted by molar-refractivity contribution is 5.10. The molecule has 24 heavy (non-hydrogen) atoms. The first kappa shape index (κ1) is 16.9. The summed E-state index contributed by atoms with van der Waals surface area (Å²) >= 11 is 0. The number of nitrogens with one attached hydrogen (secondary N) is 1. The molecule has 1 aliphatic heterocycles. The van der Waals surface area contributed by atoms with Gasteiger partial charge in [-0.25, -0.2) is 9.97 Å². The van der Waals surface area contributed by atoms with Crippen LogP contribution < -0.4 is 0 Å². The summed E-state index contributed by atoms with van der Waals surface area (Å²) in [6.07, 6.45) is -1.04. The molecule has 132 valence electrons. The molecular formula is C15H21F3N6. The molecule has 2 aromatic heterocycles. The van der Waals surface area contributed by atoms with E-state index >= 15 is 0 Å². The summed E-state index contributed by atoms with van der Waals surface area (Å²) in [5.74, 6) is 2.43. The van der Waals surface area contributed by atoms with Crippen LogP contribution in [0.2, 0.25) is 0 Å². The Hall–Kier alpha value is -1.90. The molecule has 9 heteroatoms. The van der Waals surface area contributed by atoms with Gasteiger partial charge in [-0.3, -0.25) is 10.00 Å². The van der Waals surface area contributed by atoms with Crippen molar-refractivity contribution in [3.05, 3.63) is 29.4 Å². The van der Waals surface area contributed by atoms with E-state index < -0.39 is 11.9 Å². The van der Waals surface area contributed by atoms with Crippen molar-refractivity contribution in [1.82, 2.24) is 29.6 Å². The number of fused-ring (bicyclic) bond motifs is 1. The highest BCUT2D eigenvalue weighted by Gasteiger charge is 2.35. The second kappa shape index (κ2) is 6.54. The molecule has 6 nitrogen and oxygen atoms in total. The summed E-state index contributed by atoms with van der Waals surface area (Å²) in [5, 5.41) is 7.03. The van der Waals surface area contributed by atoms with Crippen molar-refractivity contribution in [3.8, 4) is 0 Å². The zero-order chi connectivity index (χ0) is 17.3. The van der Waals surface area contributed by atoms with E-state index in [1.807, 2.05) is 14.0 Å². The van der Waals surface area contributed by atoms with Crippen LogP contribution in [-0.2, 0) is 32.1 Å². The van der Waals surface area contributed by atoms with Crippen molar-refractivity contribution in [3.63, 3.8) is 0 Å². The third-order valence-electron chi connectivity index (χ3n) is 4.26. The third kappa shape index (κ3) is 3.77. The Balaban J connectivity index is 1.58. The van der Waals surface area contributed by atoms with Crippen LogP contribution in [0.5, 0.6) is 0 Å². The Morgan fingerprint density at radius 3 is 2.83 bits per heavy atom. The molecule has 1 N–H and O–H groups in total. The Labute approximate surface area is 138 Å². The molecule has 0 aromatic carbocycles. The van der Waals surface area contributed by atoms with Gasteiger partial charge in [0.25, 0.3) is 0 Å². The second-order valence-electron chi connectivity index (χ2n) is 6.35. The van der Waals surface area contributed by atoms with Crippen molar-refractivity contribution >= 4 is 0 Å². The number of nitrogens with zero attached hydrogens (tertiary/aromatic N) is 5. The lowest BCUT2D eigenvalue weighted by atomic mass is 9.99.